The Morgan fingerprint density at radius 1 is 1.44 bits per heavy atom. The molecule has 3 nitrogen and oxygen atoms in total. The summed E-state index contributed by atoms with van der Waals surface area (Å²) in [5, 5.41) is 10.1. The highest BCUT2D eigenvalue weighted by molar-refractivity contribution is 5.29. The van der Waals surface area contributed by atoms with Gasteiger partial charge in [0.15, 0.2) is 0 Å². The Balaban J connectivity index is 1.92. The zero-order valence-corrected chi connectivity index (χ0v) is 10.9. The maximum absolute atomic E-state index is 13.7. The van der Waals surface area contributed by atoms with Crippen LogP contribution in [0, 0.1) is 5.82 Å². The van der Waals surface area contributed by atoms with Crippen LogP contribution in [0.1, 0.15) is 25.3 Å². The number of aliphatic hydroxyl groups is 1. The molecule has 1 aromatic carbocycles. The number of hydrogen-bond acceptors (Lipinski definition) is 3. The number of ether oxygens (including phenoxy) is 1. The summed E-state index contributed by atoms with van der Waals surface area (Å²) in [5.41, 5.74) is 0.0897. The van der Waals surface area contributed by atoms with Crippen molar-refractivity contribution < 1.29 is 14.2 Å². The van der Waals surface area contributed by atoms with Crippen LogP contribution >= 0.6 is 0 Å². The Morgan fingerprint density at radius 2 is 2.17 bits per heavy atom. The number of rotatable bonds is 5. The molecule has 1 saturated heterocycles. The van der Waals surface area contributed by atoms with Crippen molar-refractivity contribution in [1.82, 2.24) is 4.90 Å². The van der Waals surface area contributed by atoms with Crippen molar-refractivity contribution in [2.45, 2.75) is 31.9 Å². The van der Waals surface area contributed by atoms with Crippen molar-refractivity contribution in [3.05, 3.63) is 29.6 Å². The number of halogens is 1. The zero-order valence-electron chi connectivity index (χ0n) is 10.9. The van der Waals surface area contributed by atoms with Crippen LogP contribution < -0.4 is 4.74 Å². The molecule has 4 heteroatoms. The lowest BCUT2D eigenvalue weighted by molar-refractivity contribution is -0.107. The lowest BCUT2D eigenvalue weighted by Gasteiger charge is -2.46. The molecule has 0 saturated carbocycles. The van der Waals surface area contributed by atoms with Gasteiger partial charge < -0.3 is 9.84 Å². The second-order valence-electron chi connectivity index (χ2n) is 5.08. The number of likely N-dealkylation sites (tertiary alicyclic amines) is 1. The summed E-state index contributed by atoms with van der Waals surface area (Å²) >= 11 is 0. The van der Waals surface area contributed by atoms with Crippen LogP contribution in [0.15, 0.2) is 18.2 Å². The summed E-state index contributed by atoms with van der Waals surface area (Å²) in [7, 11) is 1.52. The van der Waals surface area contributed by atoms with Crippen LogP contribution in [-0.4, -0.2) is 35.8 Å². The largest absolute Gasteiger partial charge is 0.497 e. The van der Waals surface area contributed by atoms with E-state index in [0.29, 0.717) is 30.9 Å². The zero-order chi connectivity index (χ0) is 13.2. The summed E-state index contributed by atoms with van der Waals surface area (Å²) in [4.78, 5) is 2.06. The summed E-state index contributed by atoms with van der Waals surface area (Å²) in [6, 6.07) is 4.90. The highest BCUT2D eigenvalue weighted by atomic mass is 19.1. The molecule has 2 rings (SSSR count). The number of benzene rings is 1. The van der Waals surface area contributed by atoms with E-state index in [2.05, 4.69) is 11.8 Å². The highest BCUT2D eigenvalue weighted by Gasteiger charge is 2.39. The summed E-state index contributed by atoms with van der Waals surface area (Å²) in [6.07, 6.45) is 1.79. The van der Waals surface area contributed by atoms with Gasteiger partial charge >= 0.3 is 0 Å². The van der Waals surface area contributed by atoms with Crippen LogP contribution in [0.5, 0.6) is 5.75 Å². The molecule has 18 heavy (non-hydrogen) atoms. The molecule has 0 atom stereocenters. The van der Waals surface area contributed by atoms with Crippen LogP contribution in [0.3, 0.4) is 0 Å². The number of hydrogen-bond donors (Lipinski definition) is 1. The molecule has 1 aromatic rings. The summed E-state index contributed by atoms with van der Waals surface area (Å²) in [5.74, 6) is 0.280. The van der Waals surface area contributed by atoms with E-state index in [1.807, 2.05) is 0 Å². The minimum atomic E-state index is -0.558. The van der Waals surface area contributed by atoms with Gasteiger partial charge in [0.25, 0.3) is 0 Å². The average Bonchev–Trinajstić information content (AvgIpc) is 2.30. The van der Waals surface area contributed by atoms with Gasteiger partial charge in [0.05, 0.1) is 12.7 Å². The molecular formula is C14H20FNO2. The van der Waals surface area contributed by atoms with E-state index >= 15 is 0 Å². The first-order valence-corrected chi connectivity index (χ1v) is 6.33. The van der Waals surface area contributed by atoms with Crippen molar-refractivity contribution in [1.29, 1.82) is 0 Å². The Labute approximate surface area is 107 Å². The number of nitrogens with zero attached hydrogens (tertiary/aromatic N) is 1. The maximum Gasteiger partial charge on any atom is 0.131 e. The van der Waals surface area contributed by atoms with E-state index in [9.17, 15) is 9.50 Å². The molecule has 0 radical (unpaired) electrons. The van der Waals surface area contributed by atoms with Gasteiger partial charge in [-0.05, 0) is 12.5 Å². The molecule has 100 valence electrons. The number of β-amino-alcohol motifs (C(OH)–C–C–N with tert-alkyl or cyclic N) is 1. The fourth-order valence-electron chi connectivity index (χ4n) is 2.55. The van der Waals surface area contributed by atoms with Crippen molar-refractivity contribution in [3.8, 4) is 5.75 Å². The SMILES string of the molecule is CCCC1(O)CN(Cc2ccc(OC)cc2F)C1. The second kappa shape index (κ2) is 5.24. The lowest BCUT2D eigenvalue weighted by atomic mass is 9.89. The van der Waals surface area contributed by atoms with Gasteiger partial charge in [0.2, 0.25) is 0 Å². The Morgan fingerprint density at radius 3 is 2.72 bits per heavy atom. The quantitative estimate of drug-likeness (QED) is 0.873. The third-order valence-electron chi connectivity index (χ3n) is 3.41. The third kappa shape index (κ3) is 2.82. The van der Waals surface area contributed by atoms with E-state index < -0.39 is 5.60 Å². The van der Waals surface area contributed by atoms with Gasteiger partial charge in [0, 0.05) is 31.3 Å². The summed E-state index contributed by atoms with van der Waals surface area (Å²) in [6.45, 7) is 3.87. The van der Waals surface area contributed by atoms with Gasteiger partial charge in [-0.25, -0.2) is 4.39 Å². The second-order valence-corrected chi connectivity index (χ2v) is 5.08. The van der Waals surface area contributed by atoms with Gasteiger partial charge in [-0.2, -0.15) is 0 Å². The topological polar surface area (TPSA) is 32.7 Å². The minimum absolute atomic E-state index is 0.250. The molecule has 0 spiro atoms. The molecule has 0 bridgehead atoms. The van der Waals surface area contributed by atoms with Crippen molar-refractivity contribution in [2.75, 3.05) is 20.2 Å². The predicted octanol–water partition coefficient (Wildman–Crippen LogP) is 2.18. The minimum Gasteiger partial charge on any atom is -0.497 e. The van der Waals surface area contributed by atoms with Crippen LogP contribution in [0.4, 0.5) is 4.39 Å². The van der Waals surface area contributed by atoms with Crippen LogP contribution in [0.25, 0.3) is 0 Å². The van der Waals surface area contributed by atoms with E-state index in [1.165, 1.54) is 13.2 Å². The lowest BCUT2D eigenvalue weighted by Crippen LogP contribution is -2.61. The summed E-state index contributed by atoms with van der Waals surface area (Å²) < 4.78 is 18.7. The Kier molecular flexibility index (Phi) is 3.88. The standard InChI is InChI=1S/C14H20FNO2/c1-3-6-14(17)9-16(10-14)8-11-4-5-12(18-2)7-13(11)15/h4-5,7,17H,3,6,8-10H2,1-2H3. The van der Waals surface area contributed by atoms with E-state index in [0.717, 1.165) is 12.8 Å². The van der Waals surface area contributed by atoms with Crippen LogP contribution in [0.2, 0.25) is 0 Å². The van der Waals surface area contributed by atoms with E-state index in [4.69, 9.17) is 4.74 Å². The molecule has 1 aliphatic rings. The first-order chi connectivity index (χ1) is 8.56. The highest BCUT2D eigenvalue weighted by Crippen LogP contribution is 2.28. The number of methoxy groups -OCH3 is 1. The van der Waals surface area contributed by atoms with Gasteiger partial charge in [-0.3, -0.25) is 4.90 Å². The predicted molar refractivity (Wildman–Crippen MR) is 68.1 cm³/mol. The third-order valence-corrected chi connectivity index (χ3v) is 3.41. The van der Waals surface area contributed by atoms with Crippen molar-refractivity contribution in [3.63, 3.8) is 0 Å². The van der Waals surface area contributed by atoms with Gasteiger partial charge in [-0.1, -0.05) is 19.4 Å². The Bertz CT molecular complexity index is 416. The van der Waals surface area contributed by atoms with Gasteiger partial charge in [0.1, 0.15) is 11.6 Å². The van der Waals surface area contributed by atoms with Crippen molar-refractivity contribution >= 4 is 0 Å². The van der Waals surface area contributed by atoms with E-state index in [-0.39, 0.29) is 5.82 Å². The molecule has 0 aliphatic carbocycles. The molecule has 1 fully saturated rings. The monoisotopic (exact) mass is 253 g/mol. The smallest absolute Gasteiger partial charge is 0.131 e. The molecular weight excluding hydrogens is 233 g/mol. The molecule has 0 aromatic heterocycles. The Hall–Kier alpha value is -1.13. The molecule has 0 unspecified atom stereocenters. The first-order valence-electron chi connectivity index (χ1n) is 6.33. The molecule has 1 heterocycles. The normalized spacial score (nSPS) is 18.4. The fourth-order valence-corrected chi connectivity index (χ4v) is 2.55. The van der Waals surface area contributed by atoms with E-state index in [1.54, 1.807) is 12.1 Å². The van der Waals surface area contributed by atoms with Gasteiger partial charge in [-0.15, -0.1) is 0 Å². The molecule has 1 aliphatic heterocycles. The first kappa shape index (κ1) is 13.3. The molecule has 1 N–H and O–H groups in total. The maximum atomic E-state index is 13.7. The molecule has 0 amide bonds. The average molecular weight is 253 g/mol. The fraction of sp³-hybridized carbons (Fsp3) is 0.571. The van der Waals surface area contributed by atoms with Crippen LogP contribution in [-0.2, 0) is 6.54 Å². The van der Waals surface area contributed by atoms with Crippen molar-refractivity contribution in [2.24, 2.45) is 0 Å².